The van der Waals surface area contributed by atoms with Gasteiger partial charge < -0.3 is 20.1 Å². The maximum atomic E-state index is 11.6. The molecular formula is C10H15N2O6+. The van der Waals surface area contributed by atoms with Gasteiger partial charge in [0.2, 0.25) is 6.23 Å². The van der Waals surface area contributed by atoms with Crippen molar-refractivity contribution in [2.24, 2.45) is 0 Å². The predicted molar refractivity (Wildman–Crippen MR) is 56.9 cm³/mol. The molecule has 0 radical (unpaired) electrons. The fraction of sp³-hybridized carbons (Fsp3) is 0.700. The van der Waals surface area contributed by atoms with E-state index in [0.717, 1.165) is 4.58 Å². The Balaban J connectivity index is 2.29. The van der Waals surface area contributed by atoms with Crippen molar-refractivity contribution in [1.29, 1.82) is 0 Å². The third-order valence-corrected chi connectivity index (χ3v) is 3.14. The molecule has 0 saturated carbocycles. The molecule has 4 atom stereocenters. The second kappa shape index (κ2) is 4.39. The fourth-order valence-corrected chi connectivity index (χ4v) is 2.09. The summed E-state index contributed by atoms with van der Waals surface area (Å²) in [5.41, 5.74) is -1.73. The van der Waals surface area contributed by atoms with E-state index in [1.165, 1.54) is 13.1 Å². The number of rotatable bonds is 2. The van der Waals surface area contributed by atoms with Crippen LogP contribution in [0, 0.1) is 0 Å². The van der Waals surface area contributed by atoms with Crippen molar-refractivity contribution in [2.75, 3.05) is 6.61 Å². The third-order valence-electron chi connectivity index (χ3n) is 3.14. The summed E-state index contributed by atoms with van der Waals surface area (Å²) in [6.07, 6.45) is -2.21. The van der Waals surface area contributed by atoms with Crippen molar-refractivity contribution in [1.82, 2.24) is 5.32 Å². The zero-order valence-electron chi connectivity index (χ0n) is 9.74. The quantitative estimate of drug-likeness (QED) is 0.408. The lowest BCUT2D eigenvalue weighted by atomic mass is 9.96. The van der Waals surface area contributed by atoms with Gasteiger partial charge in [-0.2, -0.15) is 14.7 Å². The van der Waals surface area contributed by atoms with Crippen molar-refractivity contribution in [3.05, 3.63) is 0 Å². The first kappa shape index (κ1) is 13.1. The average molecular weight is 259 g/mol. The van der Waals surface area contributed by atoms with Crippen molar-refractivity contribution >= 4 is 18.2 Å². The second-order valence-corrected chi connectivity index (χ2v) is 4.53. The molecule has 2 rings (SSSR count). The number of hydrogen-bond acceptors (Lipinski definition) is 6. The van der Waals surface area contributed by atoms with Crippen LogP contribution in [0.5, 0.6) is 0 Å². The molecule has 3 amide bonds. The lowest BCUT2D eigenvalue weighted by Crippen LogP contribution is -2.55. The highest BCUT2D eigenvalue weighted by Gasteiger charge is 2.57. The summed E-state index contributed by atoms with van der Waals surface area (Å²) in [5.74, 6) is -0.451. The Kier molecular flexibility index (Phi) is 3.20. The van der Waals surface area contributed by atoms with E-state index in [2.05, 4.69) is 5.32 Å². The molecule has 0 aromatic rings. The standard InChI is InChI=1S/C10H14N2O6/c1-10(17)7(15)5(4-13)18-8(10)12-3-2-6(14)11-9(12)16/h3,5,7-8,13,15,17H,2,4H2,1H3/p+1/t5-,7-,8-,10-/m1/s1. The Morgan fingerprint density at radius 2 is 2.28 bits per heavy atom. The molecule has 2 aliphatic rings. The molecule has 4 N–H and O–H groups in total. The van der Waals surface area contributed by atoms with Crippen LogP contribution in [0.3, 0.4) is 0 Å². The first-order valence-corrected chi connectivity index (χ1v) is 5.50. The SMILES string of the molecule is C[C@@]1(O)[C@H](O)[C@@H](CO)O[C@H]1[N+]1=CCC(=O)NC1=O. The number of urea groups is 1. The number of nitrogens with one attached hydrogen (secondary N) is 1. The maximum Gasteiger partial charge on any atom is 0.500 e. The van der Waals surface area contributed by atoms with Gasteiger partial charge in [-0.25, -0.2) is 4.79 Å². The number of hydrogen-bond donors (Lipinski definition) is 4. The van der Waals surface area contributed by atoms with Gasteiger partial charge in [-0.3, -0.25) is 0 Å². The van der Waals surface area contributed by atoms with Gasteiger partial charge in [0.05, 0.1) is 12.8 Å². The highest BCUT2D eigenvalue weighted by molar-refractivity contribution is 6.01. The normalized spacial score (nSPS) is 40.7. The molecule has 2 heterocycles. The first-order chi connectivity index (χ1) is 8.37. The Morgan fingerprint density at radius 3 is 2.78 bits per heavy atom. The lowest BCUT2D eigenvalue weighted by molar-refractivity contribution is -0.546. The number of nitrogens with zero attached hydrogens (tertiary/aromatic N) is 1. The third kappa shape index (κ3) is 1.93. The molecular weight excluding hydrogens is 244 g/mol. The van der Waals surface area contributed by atoms with Crippen molar-refractivity contribution < 1.29 is 34.2 Å². The molecule has 0 spiro atoms. The van der Waals surface area contributed by atoms with Crippen molar-refractivity contribution in [2.45, 2.75) is 37.4 Å². The summed E-state index contributed by atoms with van der Waals surface area (Å²) in [6.45, 7) is 0.817. The van der Waals surface area contributed by atoms with Gasteiger partial charge >= 0.3 is 11.9 Å². The molecule has 18 heavy (non-hydrogen) atoms. The van der Waals surface area contributed by atoms with Gasteiger partial charge in [-0.1, -0.05) is 0 Å². The molecule has 8 nitrogen and oxygen atoms in total. The molecule has 0 aromatic carbocycles. The van der Waals surface area contributed by atoms with Crippen LogP contribution in [-0.4, -0.2) is 68.7 Å². The summed E-state index contributed by atoms with van der Waals surface area (Å²) in [5, 5.41) is 31.0. The van der Waals surface area contributed by atoms with Crippen molar-refractivity contribution in [3.63, 3.8) is 0 Å². The number of ether oxygens (including phenoxy) is 1. The molecule has 8 heteroatoms. The van der Waals surface area contributed by atoms with Gasteiger partial charge in [0.25, 0.3) is 0 Å². The van der Waals surface area contributed by atoms with E-state index in [1.807, 2.05) is 0 Å². The highest BCUT2D eigenvalue weighted by Crippen LogP contribution is 2.31. The smallest absolute Gasteiger partial charge is 0.394 e. The Labute approximate surface area is 102 Å². The van der Waals surface area contributed by atoms with Gasteiger partial charge in [-0.15, -0.1) is 0 Å². The number of amides is 3. The molecule has 0 bridgehead atoms. The number of aliphatic hydroxyl groups is 3. The van der Waals surface area contributed by atoms with E-state index in [0.29, 0.717) is 0 Å². The van der Waals surface area contributed by atoms with Crippen LogP contribution in [0.1, 0.15) is 13.3 Å². The van der Waals surface area contributed by atoms with Crippen LogP contribution in [0.25, 0.3) is 0 Å². The van der Waals surface area contributed by atoms with Crippen LogP contribution in [0.2, 0.25) is 0 Å². The summed E-state index contributed by atoms with van der Waals surface area (Å²) in [6, 6.07) is -0.734. The van der Waals surface area contributed by atoms with E-state index < -0.39 is 42.6 Å². The largest absolute Gasteiger partial charge is 0.500 e. The fourth-order valence-electron chi connectivity index (χ4n) is 2.09. The minimum absolute atomic E-state index is 0.0262. The van der Waals surface area contributed by atoms with Crippen LogP contribution in [-0.2, 0) is 9.53 Å². The molecule has 1 fully saturated rings. The molecule has 0 aliphatic carbocycles. The number of aliphatic hydroxyl groups excluding tert-OH is 2. The van der Waals surface area contributed by atoms with Gasteiger partial charge in [0, 0.05) is 0 Å². The predicted octanol–water partition coefficient (Wildman–Crippen LogP) is -2.46. The van der Waals surface area contributed by atoms with E-state index in [1.54, 1.807) is 0 Å². The van der Waals surface area contributed by atoms with Crippen LogP contribution in [0.15, 0.2) is 0 Å². The second-order valence-electron chi connectivity index (χ2n) is 4.53. The Bertz CT molecular complexity index is 419. The Hall–Kier alpha value is -1.35. The monoisotopic (exact) mass is 259 g/mol. The topological polar surface area (TPSA) is 119 Å². The van der Waals surface area contributed by atoms with E-state index >= 15 is 0 Å². The van der Waals surface area contributed by atoms with E-state index in [9.17, 15) is 19.8 Å². The minimum atomic E-state index is -1.73. The summed E-state index contributed by atoms with van der Waals surface area (Å²) < 4.78 is 6.27. The van der Waals surface area contributed by atoms with Crippen molar-refractivity contribution in [3.8, 4) is 0 Å². The number of imide groups is 1. The van der Waals surface area contributed by atoms with Gasteiger partial charge in [0.15, 0.2) is 5.60 Å². The van der Waals surface area contributed by atoms with Crippen LogP contribution >= 0.6 is 0 Å². The molecule has 100 valence electrons. The minimum Gasteiger partial charge on any atom is -0.394 e. The molecule has 2 aliphatic heterocycles. The summed E-state index contributed by atoms with van der Waals surface area (Å²) in [7, 11) is 0. The zero-order chi connectivity index (χ0) is 13.5. The van der Waals surface area contributed by atoms with Gasteiger partial charge in [0.1, 0.15) is 18.6 Å². The number of carbonyl (C=O) groups is 2. The van der Waals surface area contributed by atoms with E-state index in [-0.39, 0.29) is 6.42 Å². The van der Waals surface area contributed by atoms with E-state index in [4.69, 9.17) is 9.84 Å². The summed E-state index contributed by atoms with van der Waals surface area (Å²) in [4.78, 5) is 22.6. The first-order valence-electron chi connectivity index (χ1n) is 5.50. The lowest BCUT2D eigenvalue weighted by Gasteiger charge is -2.26. The maximum absolute atomic E-state index is 11.6. The molecule has 0 aromatic heterocycles. The van der Waals surface area contributed by atoms with Crippen LogP contribution in [0.4, 0.5) is 4.79 Å². The summed E-state index contributed by atoms with van der Waals surface area (Å²) >= 11 is 0. The van der Waals surface area contributed by atoms with Gasteiger partial charge in [-0.05, 0) is 6.92 Å². The average Bonchev–Trinajstić information content (AvgIpc) is 2.52. The molecule has 1 saturated heterocycles. The van der Waals surface area contributed by atoms with Crippen LogP contribution < -0.4 is 5.32 Å². The zero-order valence-corrected chi connectivity index (χ0v) is 9.74. The number of carbonyl (C=O) groups excluding carboxylic acids is 2. The Morgan fingerprint density at radius 1 is 1.61 bits per heavy atom. The highest BCUT2D eigenvalue weighted by atomic mass is 16.6. The molecule has 0 unspecified atom stereocenters.